The Hall–Kier alpha value is -1.59. The molecule has 0 bridgehead atoms. The molecule has 0 spiro atoms. The van der Waals surface area contributed by atoms with Gasteiger partial charge in [-0.1, -0.05) is 6.92 Å². The van der Waals surface area contributed by atoms with Gasteiger partial charge in [0.25, 0.3) is 5.91 Å². The molecule has 1 amide bonds. The molecule has 0 unspecified atom stereocenters. The number of halogens is 3. The number of pyridine rings is 1. The number of carbonyl (C=O) groups is 1. The van der Waals surface area contributed by atoms with E-state index in [-0.39, 0.29) is 11.3 Å². The predicted molar refractivity (Wildman–Crippen MR) is 65.8 cm³/mol. The van der Waals surface area contributed by atoms with Crippen LogP contribution in [0, 0.1) is 6.92 Å². The minimum absolute atomic E-state index is 0.0687. The van der Waals surface area contributed by atoms with Gasteiger partial charge in [-0.2, -0.15) is 13.2 Å². The van der Waals surface area contributed by atoms with Gasteiger partial charge in [-0.05, 0) is 39.3 Å². The van der Waals surface area contributed by atoms with E-state index in [9.17, 15) is 18.0 Å². The van der Waals surface area contributed by atoms with E-state index in [2.05, 4.69) is 10.3 Å². The lowest BCUT2D eigenvalue weighted by atomic mass is 10.0. The van der Waals surface area contributed by atoms with Gasteiger partial charge in [0.15, 0.2) is 0 Å². The van der Waals surface area contributed by atoms with Gasteiger partial charge in [-0.25, -0.2) is 4.98 Å². The molecular weight excluding hydrogens is 257 g/mol. The fourth-order valence-electron chi connectivity index (χ4n) is 1.42. The minimum atomic E-state index is -4.50. The van der Waals surface area contributed by atoms with Crippen LogP contribution in [-0.4, -0.2) is 16.4 Å². The third-order valence-corrected chi connectivity index (χ3v) is 2.96. The number of alkyl halides is 3. The van der Waals surface area contributed by atoms with Gasteiger partial charge in [0.1, 0.15) is 5.69 Å². The predicted octanol–water partition coefficient (Wildman–Crippen LogP) is 3.33. The number of aromatic nitrogens is 1. The zero-order valence-electron chi connectivity index (χ0n) is 11.4. The van der Waals surface area contributed by atoms with Crippen LogP contribution in [0.3, 0.4) is 0 Å². The topological polar surface area (TPSA) is 42.0 Å². The Morgan fingerprint density at radius 2 is 1.89 bits per heavy atom. The first-order chi connectivity index (χ1) is 8.57. The number of hydrogen-bond donors (Lipinski definition) is 1. The van der Waals surface area contributed by atoms with Crippen LogP contribution in [0.1, 0.15) is 48.9 Å². The Kier molecular flexibility index (Phi) is 4.22. The molecule has 0 aliphatic heterocycles. The second-order valence-electron chi connectivity index (χ2n) is 5.02. The van der Waals surface area contributed by atoms with Crippen molar-refractivity contribution in [1.82, 2.24) is 10.3 Å². The van der Waals surface area contributed by atoms with Crippen molar-refractivity contribution in [3.8, 4) is 0 Å². The summed E-state index contributed by atoms with van der Waals surface area (Å²) in [5.41, 5.74) is -1.17. The zero-order valence-corrected chi connectivity index (χ0v) is 11.4. The van der Waals surface area contributed by atoms with Crippen molar-refractivity contribution in [2.75, 3.05) is 0 Å². The molecule has 19 heavy (non-hydrogen) atoms. The number of nitrogens with one attached hydrogen (secondary N) is 1. The molecule has 3 nitrogen and oxygen atoms in total. The number of nitrogens with zero attached hydrogens (tertiary/aromatic N) is 1. The Morgan fingerprint density at radius 3 is 2.32 bits per heavy atom. The lowest BCUT2D eigenvalue weighted by Gasteiger charge is -2.24. The normalized spacial score (nSPS) is 12.4. The highest BCUT2D eigenvalue weighted by atomic mass is 19.4. The van der Waals surface area contributed by atoms with E-state index in [4.69, 9.17) is 0 Å². The number of rotatable bonds is 3. The van der Waals surface area contributed by atoms with Crippen molar-refractivity contribution in [3.05, 3.63) is 29.1 Å². The van der Waals surface area contributed by atoms with Crippen LogP contribution in [0.2, 0.25) is 0 Å². The molecular formula is C13H17F3N2O. The third kappa shape index (κ3) is 3.94. The molecule has 1 aromatic heterocycles. The molecule has 106 valence electrons. The number of hydrogen-bond acceptors (Lipinski definition) is 2. The molecule has 1 rings (SSSR count). The monoisotopic (exact) mass is 274 g/mol. The Bertz CT molecular complexity index is 481. The van der Waals surface area contributed by atoms with Crippen molar-refractivity contribution in [2.45, 2.75) is 45.8 Å². The quantitative estimate of drug-likeness (QED) is 0.918. The molecule has 0 aliphatic carbocycles. The Morgan fingerprint density at radius 1 is 1.32 bits per heavy atom. The van der Waals surface area contributed by atoms with Gasteiger partial charge in [0.05, 0.1) is 11.3 Å². The fraction of sp³-hybridized carbons (Fsp3) is 0.538. The van der Waals surface area contributed by atoms with Gasteiger partial charge in [-0.15, -0.1) is 0 Å². The van der Waals surface area contributed by atoms with Crippen LogP contribution in [0.5, 0.6) is 0 Å². The Balaban J connectivity index is 3.01. The minimum Gasteiger partial charge on any atom is -0.347 e. The molecule has 0 aliphatic rings. The molecule has 1 heterocycles. The molecule has 1 aromatic rings. The van der Waals surface area contributed by atoms with E-state index in [0.29, 0.717) is 6.42 Å². The molecule has 0 saturated heterocycles. The maximum absolute atomic E-state index is 12.5. The smallest absolute Gasteiger partial charge is 0.347 e. The second-order valence-corrected chi connectivity index (χ2v) is 5.02. The van der Waals surface area contributed by atoms with E-state index in [1.165, 1.54) is 6.92 Å². The van der Waals surface area contributed by atoms with Crippen LogP contribution < -0.4 is 5.32 Å². The van der Waals surface area contributed by atoms with Crippen molar-refractivity contribution < 1.29 is 18.0 Å². The van der Waals surface area contributed by atoms with Gasteiger partial charge < -0.3 is 5.32 Å². The summed E-state index contributed by atoms with van der Waals surface area (Å²) in [6.45, 7) is 7.00. The van der Waals surface area contributed by atoms with Crippen LogP contribution in [0.25, 0.3) is 0 Å². The van der Waals surface area contributed by atoms with Crippen LogP contribution >= 0.6 is 0 Å². The first kappa shape index (κ1) is 15.5. The highest BCUT2D eigenvalue weighted by Crippen LogP contribution is 2.28. The summed E-state index contributed by atoms with van der Waals surface area (Å²) in [7, 11) is 0. The van der Waals surface area contributed by atoms with Crippen LogP contribution in [0.15, 0.2) is 12.1 Å². The van der Waals surface area contributed by atoms with E-state index >= 15 is 0 Å². The first-order valence-corrected chi connectivity index (χ1v) is 5.94. The highest BCUT2D eigenvalue weighted by Gasteiger charge is 2.33. The highest BCUT2D eigenvalue weighted by molar-refractivity contribution is 5.95. The van der Waals surface area contributed by atoms with Crippen molar-refractivity contribution >= 4 is 5.91 Å². The van der Waals surface area contributed by atoms with Gasteiger partial charge >= 0.3 is 6.18 Å². The Labute approximate surface area is 110 Å². The molecule has 0 aromatic carbocycles. The van der Waals surface area contributed by atoms with E-state index < -0.39 is 23.3 Å². The second kappa shape index (κ2) is 5.19. The number of aryl methyl sites for hydroxylation is 1. The average Bonchev–Trinajstić information content (AvgIpc) is 2.26. The van der Waals surface area contributed by atoms with Gasteiger partial charge in [0, 0.05) is 5.54 Å². The summed E-state index contributed by atoms with van der Waals surface area (Å²) in [6, 6.07) is 1.98. The lowest BCUT2D eigenvalue weighted by Crippen LogP contribution is -2.43. The maximum Gasteiger partial charge on any atom is 0.433 e. The van der Waals surface area contributed by atoms with Crippen molar-refractivity contribution in [1.29, 1.82) is 0 Å². The zero-order chi connectivity index (χ0) is 14.8. The van der Waals surface area contributed by atoms with E-state index in [1.807, 2.05) is 20.8 Å². The molecule has 0 atom stereocenters. The van der Waals surface area contributed by atoms with Crippen molar-refractivity contribution in [2.24, 2.45) is 0 Å². The standard InChI is InChI=1S/C13H17F3N2O/c1-5-12(3,4)18-11(19)9-6-7-10(13(14,15)16)17-8(9)2/h6-7H,5H2,1-4H3,(H,18,19). The van der Waals surface area contributed by atoms with Crippen LogP contribution in [0.4, 0.5) is 13.2 Å². The molecule has 0 radical (unpaired) electrons. The summed E-state index contributed by atoms with van der Waals surface area (Å²) in [4.78, 5) is 15.4. The summed E-state index contributed by atoms with van der Waals surface area (Å²) < 4.78 is 37.4. The van der Waals surface area contributed by atoms with Gasteiger partial charge in [-0.3, -0.25) is 4.79 Å². The molecule has 1 N–H and O–H groups in total. The van der Waals surface area contributed by atoms with E-state index in [1.54, 1.807) is 0 Å². The average molecular weight is 274 g/mol. The number of amides is 1. The molecule has 0 saturated carbocycles. The summed E-state index contributed by atoms with van der Waals surface area (Å²) >= 11 is 0. The van der Waals surface area contributed by atoms with Crippen molar-refractivity contribution in [3.63, 3.8) is 0 Å². The molecule has 6 heteroatoms. The fourth-order valence-corrected chi connectivity index (χ4v) is 1.42. The number of carbonyl (C=O) groups excluding carboxylic acids is 1. The summed E-state index contributed by atoms with van der Waals surface area (Å²) in [5.74, 6) is -0.412. The summed E-state index contributed by atoms with van der Waals surface area (Å²) in [5, 5.41) is 2.76. The van der Waals surface area contributed by atoms with E-state index in [0.717, 1.165) is 12.1 Å². The van der Waals surface area contributed by atoms with Gasteiger partial charge in [0.2, 0.25) is 0 Å². The summed E-state index contributed by atoms with van der Waals surface area (Å²) in [6.07, 6.45) is -3.78. The lowest BCUT2D eigenvalue weighted by molar-refractivity contribution is -0.141. The first-order valence-electron chi connectivity index (χ1n) is 5.94. The molecule has 0 fully saturated rings. The largest absolute Gasteiger partial charge is 0.433 e. The SMILES string of the molecule is CCC(C)(C)NC(=O)c1ccc(C(F)(F)F)nc1C. The van der Waals surface area contributed by atoms with Crippen LogP contribution in [-0.2, 0) is 6.18 Å². The third-order valence-electron chi connectivity index (χ3n) is 2.96. The maximum atomic E-state index is 12.5.